The maximum atomic E-state index is 12.3. The van der Waals surface area contributed by atoms with Gasteiger partial charge in [-0.1, -0.05) is 30.3 Å². The molecule has 0 atom stereocenters. The van der Waals surface area contributed by atoms with Gasteiger partial charge in [0.15, 0.2) is 0 Å². The van der Waals surface area contributed by atoms with Crippen LogP contribution in [0.3, 0.4) is 0 Å². The zero-order chi connectivity index (χ0) is 16.2. The summed E-state index contributed by atoms with van der Waals surface area (Å²) in [5.41, 5.74) is 0.790. The average molecular weight is 316 g/mol. The van der Waals surface area contributed by atoms with Crippen LogP contribution in [0.15, 0.2) is 30.3 Å². The van der Waals surface area contributed by atoms with Crippen molar-refractivity contribution in [3.8, 4) is 0 Å². The van der Waals surface area contributed by atoms with Gasteiger partial charge in [-0.3, -0.25) is 9.69 Å². The van der Waals surface area contributed by atoms with Crippen LogP contribution in [0.2, 0.25) is 0 Å². The molecule has 0 unspecified atom stereocenters. The Kier molecular flexibility index (Phi) is 4.89. The number of amides is 2. The molecule has 1 aliphatic heterocycles. The average Bonchev–Trinajstić information content (AvgIpc) is 2.46. The fourth-order valence-corrected chi connectivity index (χ4v) is 2.06. The number of hydrogen-bond acceptors (Lipinski definition) is 3. The molecule has 2 rings (SSSR count). The lowest BCUT2D eigenvalue weighted by molar-refractivity contribution is -0.165. The number of carbonyl (C=O) groups is 2. The molecule has 1 fully saturated rings. The molecular formula is C14H15F3N2O3. The summed E-state index contributed by atoms with van der Waals surface area (Å²) in [5.74, 6) is -0.736. The van der Waals surface area contributed by atoms with E-state index in [0.717, 1.165) is 10.5 Å². The molecule has 2 amide bonds. The highest BCUT2D eigenvalue weighted by atomic mass is 19.4. The Morgan fingerprint density at radius 3 is 2.45 bits per heavy atom. The van der Waals surface area contributed by atoms with E-state index in [-0.39, 0.29) is 19.7 Å². The van der Waals surface area contributed by atoms with E-state index >= 15 is 0 Å². The molecule has 1 saturated heterocycles. The second-order valence-electron chi connectivity index (χ2n) is 4.89. The third-order valence-electron chi connectivity index (χ3n) is 3.15. The van der Waals surface area contributed by atoms with Gasteiger partial charge in [-0.15, -0.1) is 0 Å². The van der Waals surface area contributed by atoms with Crippen molar-refractivity contribution in [1.82, 2.24) is 9.80 Å². The molecule has 0 saturated carbocycles. The Labute approximate surface area is 125 Å². The lowest BCUT2D eigenvalue weighted by Crippen LogP contribution is -2.54. The molecule has 120 valence electrons. The van der Waals surface area contributed by atoms with Crippen LogP contribution in [-0.2, 0) is 16.1 Å². The molecule has 1 heterocycles. The second-order valence-corrected chi connectivity index (χ2v) is 4.89. The molecule has 8 heteroatoms. The lowest BCUT2D eigenvalue weighted by atomic mass is 10.2. The van der Waals surface area contributed by atoms with Crippen LogP contribution >= 0.6 is 0 Å². The van der Waals surface area contributed by atoms with Gasteiger partial charge in [0.1, 0.15) is 19.7 Å². The Bertz CT molecular complexity index is 534. The van der Waals surface area contributed by atoms with E-state index in [4.69, 9.17) is 4.74 Å². The number of benzene rings is 1. The van der Waals surface area contributed by atoms with Crippen LogP contribution in [0, 0.1) is 0 Å². The first-order chi connectivity index (χ1) is 10.3. The van der Waals surface area contributed by atoms with Crippen molar-refractivity contribution in [1.29, 1.82) is 0 Å². The SMILES string of the molecule is O=C1CN(C(=O)OCc2ccccc2)CCN1CC(F)(F)F. The topological polar surface area (TPSA) is 49.9 Å². The summed E-state index contributed by atoms with van der Waals surface area (Å²) >= 11 is 0. The number of hydrogen-bond donors (Lipinski definition) is 0. The molecule has 0 radical (unpaired) electrons. The number of rotatable bonds is 3. The third kappa shape index (κ3) is 4.64. The predicted octanol–water partition coefficient (Wildman–Crippen LogP) is 2.03. The summed E-state index contributed by atoms with van der Waals surface area (Å²) in [7, 11) is 0. The first-order valence-electron chi connectivity index (χ1n) is 6.65. The Balaban J connectivity index is 1.82. The number of alkyl halides is 3. The number of nitrogens with zero attached hydrogens (tertiary/aromatic N) is 2. The molecule has 1 aromatic rings. The summed E-state index contributed by atoms with van der Waals surface area (Å²) in [6, 6.07) is 8.97. The van der Waals surface area contributed by atoms with Crippen LogP contribution in [-0.4, -0.2) is 54.2 Å². The second kappa shape index (κ2) is 6.67. The summed E-state index contributed by atoms with van der Waals surface area (Å²) < 4.78 is 41.9. The molecule has 5 nitrogen and oxygen atoms in total. The smallest absolute Gasteiger partial charge is 0.410 e. The van der Waals surface area contributed by atoms with Gasteiger partial charge < -0.3 is 9.64 Å². The van der Waals surface area contributed by atoms with Gasteiger partial charge >= 0.3 is 12.3 Å². The Morgan fingerprint density at radius 2 is 1.86 bits per heavy atom. The van der Waals surface area contributed by atoms with Crippen LogP contribution in [0.25, 0.3) is 0 Å². The minimum atomic E-state index is -4.44. The standard InChI is InChI=1S/C14H15F3N2O3/c15-14(16,17)10-19-7-6-18(8-12(19)20)13(21)22-9-11-4-2-1-3-5-11/h1-5H,6-10H2. The van der Waals surface area contributed by atoms with Crippen LogP contribution in [0.5, 0.6) is 0 Å². The molecule has 0 bridgehead atoms. The highest BCUT2D eigenvalue weighted by molar-refractivity contribution is 5.83. The minimum Gasteiger partial charge on any atom is -0.445 e. The third-order valence-corrected chi connectivity index (χ3v) is 3.15. The molecule has 0 aromatic heterocycles. The van der Waals surface area contributed by atoms with Crippen molar-refractivity contribution >= 4 is 12.0 Å². The van der Waals surface area contributed by atoms with E-state index in [1.54, 1.807) is 24.3 Å². The fourth-order valence-electron chi connectivity index (χ4n) is 2.06. The van der Waals surface area contributed by atoms with Crippen molar-refractivity contribution in [2.75, 3.05) is 26.2 Å². The van der Waals surface area contributed by atoms with Crippen molar-refractivity contribution in [2.45, 2.75) is 12.8 Å². The monoisotopic (exact) mass is 316 g/mol. The van der Waals surface area contributed by atoms with Gasteiger partial charge in [-0.2, -0.15) is 13.2 Å². The largest absolute Gasteiger partial charge is 0.445 e. The van der Waals surface area contributed by atoms with Gasteiger partial charge in [-0.25, -0.2) is 4.79 Å². The van der Waals surface area contributed by atoms with E-state index in [1.165, 1.54) is 0 Å². The van der Waals surface area contributed by atoms with Crippen LogP contribution < -0.4 is 0 Å². The Hall–Kier alpha value is -2.25. The molecule has 0 spiro atoms. The van der Waals surface area contributed by atoms with Crippen molar-refractivity contribution in [3.63, 3.8) is 0 Å². The number of piperazine rings is 1. The van der Waals surface area contributed by atoms with Crippen molar-refractivity contribution < 1.29 is 27.5 Å². The van der Waals surface area contributed by atoms with Crippen LogP contribution in [0.4, 0.5) is 18.0 Å². The maximum Gasteiger partial charge on any atom is 0.410 e. The van der Waals surface area contributed by atoms with E-state index < -0.39 is 31.3 Å². The number of ether oxygens (including phenoxy) is 1. The zero-order valence-electron chi connectivity index (χ0n) is 11.7. The van der Waals surface area contributed by atoms with E-state index in [2.05, 4.69) is 0 Å². The maximum absolute atomic E-state index is 12.3. The molecule has 22 heavy (non-hydrogen) atoms. The fraction of sp³-hybridized carbons (Fsp3) is 0.429. The van der Waals surface area contributed by atoms with E-state index in [9.17, 15) is 22.8 Å². The molecule has 1 aliphatic rings. The summed E-state index contributed by atoms with van der Waals surface area (Å²) in [5, 5.41) is 0. The summed E-state index contributed by atoms with van der Waals surface area (Å²) in [6.07, 6.45) is -5.14. The number of halogens is 3. The normalized spacial score (nSPS) is 15.9. The Morgan fingerprint density at radius 1 is 1.18 bits per heavy atom. The predicted molar refractivity (Wildman–Crippen MR) is 70.8 cm³/mol. The van der Waals surface area contributed by atoms with Crippen molar-refractivity contribution in [3.05, 3.63) is 35.9 Å². The van der Waals surface area contributed by atoms with E-state index in [1.807, 2.05) is 6.07 Å². The highest BCUT2D eigenvalue weighted by Crippen LogP contribution is 2.18. The van der Waals surface area contributed by atoms with Crippen LogP contribution in [0.1, 0.15) is 5.56 Å². The van der Waals surface area contributed by atoms with Gasteiger partial charge in [0.05, 0.1) is 0 Å². The molecule has 0 N–H and O–H groups in total. The minimum absolute atomic E-state index is 0.0233. The van der Waals surface area contributed by atoms with Gasteiger partial charge in [0.25, 0.3) is 0 Å². The molecule has 1 aromatic carbocycles. The van der Waals surface area contributed by atoms with E-state index in [0.29, 0.717) is 4.90 Å². The molecular weight excluding hydrogens is 301 g/mol. The summed E-state index contributed by atoms with van der Waals surface area (Å²) in [6.45, 7) is -1.77. The van der Waals surface area contributed by atoms with Crippen molar-refractivity contribution in [2.24, 2.45) is 0 Å². The molecule has 0 aliphatic carbocycles. The van der Waals surface area contributed by atoms with Gasteiger partial charge in [0, 0.05) is 13.1 Å². The lowest BCUT2D eigenvalue weighted by Gasteiger charge is -2.34. The quantitative estimate of drug-likeness (QED) is 0.857. The highest BCUT2D eigenvalue weighted by Gasteiger charge is 2.36. The van der Waals surface area contributed by atoms with Gasteiger partial charge in [0.2, 0.25) is 5.91 Å². The summed E-state index contributed by atoms with van der Waals surface area (Å²) in [4.78, 5) is 25.3. The zero-order valence-corrected chi connectivity index (χ0v) is 11.7. The first kappa shape index (κ1) is 16.1. The number of carbonyl (C=O) groups excluding carboxylic acids is 2. The first-order valence-corrected chi connectivity index (χ1v) is 6.65. The van der Waals surface area contributed by atoms with Gasteiger partial charge in [-0.05, 0) is 5.56 Å².